The molecule has 1 N–H and O–H groups in total. The molecular formula is C21H16F7NO4S. The Kier molecular flexibility index (Phi) is 7.15. The molecule has 0 spiro atoms. The number of fused-ring (bicyclic) bond motifs is 1. The molecule has 0 aliphatic heterocycles. The number of benzene rings is 3. The lowest BCUT2D eigenvalue weighted by Gasteiger charge is -2.18. The summed E-state index contributed by atoms with van der Waals surface area (Å²) >= 11 is 0. The molecule has 0 saturated heterocycles. The van der Waals surface area contributed by atoms with Gasteiger partial charge in [0, 0.05) is 18.2 Å². The Labute approximate surface area is 189 Å². The first-order chi connectivity index (χ1) is 15.7. The summed E-state index contributed by atoms with van der Waals surface area (Å²) in [6.07, 6.45) is -8.81. The fraction of sp³-hybridized carbons (Fsp3) is 0.238. The molecule has 3 aromatic carbocycles. The Morgan fingerprint density at radius 2 is 1.38 bits per heavy atom. The third kappa shape index (κ3) is 6.65. The third-order valence-corrected chi connectivity index (χ3v) is 5.70. The van der Waals surface area contributed by atoms with Crippen LogP contribution in [0.4, 0.5) is 36.4 Å². The number of sulfonamides is 1. The van der Waals surface area contributed by atoms with Gasteiger partial charge in [0.15, 0.2) is 13.2 Å². The molecule has 3 aromatic rings. The van der Waals surface area contributed by atoms with Gasteiger partial charge in [-0.05, 0) is 22.9 Å². The first-order valence-electron chi connectivity index (χ1n) is 9.40. The summed E-state index contributed by atoms with van der Waals surface area (Å²) in [4.78, 5) is -0.195. The third-order valence-electron chi connectivity index (χ3n) is 4.32. The zero-order valence-corrected chi connectivity index (χ0v) is 17.8. The van der Waals surface area contributed by atoms with E-state index in [1.165, 1.54) is 18.2 Å². The van der Waals surface area contributed by atoms with Gasteiger partial charge in [-0.2, -0.15) is 22.0 Å². The van der Waals surface area contributed by atoms with E-state index < -0.39 is 58.9 Å². The minimum absolute atomic E-state index is 0.195. The summed E-state index contributed by atoms with van der Waals surface area (Å²) < 4.78 is 125. The van der Waals surface area contributed by atoms with Crippen LogP contribution in [-0.2, 0) is 10.0 Å². The number of rotatable bonds is 9. The second-order valence-corrected chi connectivity index (χ2v) is 8.74. The Morgan fingerprint density at radius 3 is 1.97 bits per heavy atom. The molecule has 0 aliphatic rings. The van der Waals surface area contributed by atoms with Crippen molar-refractivity contribution >= 4 is 26.5 Å². The van der Waals surface area contributed by atoms with E-state index in [-0.39, 0.29) is 4.90 Å². The molecule has 184 valence electrons. The maximum atomic E-state index is 13.2. The quantitative estimate of drug-likeness (QED) is 0.366. The molecule has 0 aliphatic carbocycles. The summed E-state index contributed by atoms with van der Waals surface area (Å²) in [5.41, 5.74) is -0.400. The minimum Gasteiger partial charge on any atom is -0.487 e. The van der Waals surface area contributed by atoms with Gasteiger partial charge in [-0.1, -0.05) is 30.3 Å². The molecule has 0 amide bonds. The van der Waals surface area contributed by atoms with E-state index in [0.29, 0.717) is 5.39 Å². The van der Waals surface area contributed by atoms with Crippen molar-refractivity contribution in [1.29, 1.82) is 0 Å². The maximum Gasteiger partial charge on any atom is 0.422 e. The van der Waals surface area contributed by atoms with Gasteiger partial charge in [-0.15, -0.1) is 0 Å². The van der Waals surface area contributed by atoms with Gasteiger partial charge in [-0.25, -0.2) is 17.2 Å². The van der Waals surface area contributed by atoms with E-state index in [1.807, 2.05) is 0 Å². The number of hydrogen-bond donors (Lipinski definition) is 1. The van der Waals surface area contributed by atoms with Gasteiger partial charge in [-0.3, -0.25) is 4.72 Å². The van der Waals surface area contributed by atoms with E-state index >= 15 is 0 Å². The van der Waals surface area contributed by atoms with Crippen molar-refractivity contribution < 1.29 is 48.6 Å². The van der Waals surface area contributed by atoms with Gasteiger partial charge in [0.2, 0.25) is 0 Å². The monoisotopic (exact) mass is 511 g/mol. The SMILES string of the molecule is O=S(=O)(Nc1cc(OCC(F)(F)F)cc(OCC(F)(F)C(F)F)c1)c1ccc2ccccc2c1. The van der Waals surface area contributed by atoms with Gasteiger partial charge in [0.1, 0.15) is 11.5 Å². The van der Waals surface area contributed by atoms with Crippen LogP contribution in [0.3, 0.4) is 0 Å². The van der Waals surface area contributed by atoms with Crippen molar-refractivity contribution in [2.24, 2.45) is 0 Å². The maximum absolute atomic E-state index is 13.2. The van der Waals surface area contributed by atoms with Gasteiger partial charge >= 0.3 is 18.5 Å². The molecule has 0 saturated carbocycles. The number of hydrogen-bond acceptors (Lipinski definition) is 4. The molecule has 13 heteroatoms. The van der Waals surface area contributed by atoms with Crippen molar-refractivity contribution in [3.8, 4) is 11.5 Å². The van der Waals surface area contributed by atoms with Crippen LogP contribution in [0.25, 0.3) is 10.8 Å². The summed E-state index contributed by atoms with van der Waals surface area (Å²) in [6, 6.07) is 13.5. The molecule has 0 aromatic heterocycles. The second kappa shape index (κ2) is 9.57. The number of anilines is 1. The fourth-order valence-electron chi connectivity index (χ4n) is 2.75. The standard InChI is InChI=1S/C21H16F7NO4S/c22-19(23)20(24,25)11-32-16-8-15(9-17(10-16)33-12-21(26,27)28)29-34(30,31)18-6-5-13-3-1-2-4-14(13)7-18/h1-10,19,29H,11-12H2. The highest BCUT2D eigenvalue weighted by molar-refractivity contribution is 7.92. The van der Waals surface area contributed by atoms with Crippen LogP contribution in [0.2, 0.25) is 0 Å². The normalized spacial score (nSPS) is 12.7. The van der Waals surface area contributed by atoms with Crippen molar-refractivity contribution in [3.63, 3.8) is 0 Å². The molecule has 0 bridgehead atoms. The number of nitrogens with one attached hydrogen (secondary N) is 1. The predicted molar refractivity (Wildman–Crippen MR) is 109 cm³/mol. The van der Waals surface area contributed by atoms with Crippen LogP contribution in [-0.4, -0.2) is 40.2 Å². The van der Waals surface area contributed by atoms with E-state index in [9.17, 15) is 39.2 Å². The van der Waals surface area contributed by atoms with Crippen LogP contribution in [0.1, 0.15) is 0 Å². The number of halogens is 7. The van der Waals surface area contributed by atoms with Gasteiger partial charge in [0.25, 0.3) is 10.0 Å². The molecule has 0 unspecified atom stereocenters. The summed E-state index contributed by atoms with van der Waals surface area (Å²) in [6.45, 7) is -3.58. The molecule has 0 atom stereocenters. The number of ether oxygens (including phenoxy) is 2. The fourth-order valence-corrected chi connectivity index (χ4v) is 3.83. The van der Waals surface area contributed by atoms with Crippen LogP contribution >= 0.6 is 0 Å². The van der Waals surface area contributed by atoms with Crippen molar-refractivity contribution in [1.82, 2.24) is 0 Å². The Morgan fingerprint density at radius 1 is 0.794 bits per heavy atom. The smallest absolute Gasteiger partial charge is 0.422 e. The van der Waals surface area contributed by atoms with Crippen molar-refractivity contribution in [2.45, 2.75) is 23.4 Å². The predicted octanol–water partition coefficient (Wildman–Crippen LogP) is 5.86. The molecule has 0 fully saturated rings. The Hall–Kier alpha value is -3.22. The van der Waals surface area contributed by atoms with Crippen LogP contribution in [0, 0.1) is 0 Å². The average molecular weight is 511 g/mol. The lowest BCUT2D eigenvalue weighted by atomic mass is 10.1. The molecular weight excluding hydrogens is 495 g/mol. The first kappa shape index (κ1) is 25.4. The highest BCUT2D eigenvalue weighted by Crippen LogP contribution is 2.31. The molecule has 0 heterocycles. The van der Waals surface area contributed by atoms with E-state index in [0.717, 1.165) is 23.6 Å². The van der Waals surface area contributed by atoms with E-state index in [1.54, 1.807) is 24.3 Å². The summed E-state index contributed by atoms with van der Waals surface area (Å²) in [7, 11) is -4.29. The first-order valence-corrected chi connectivity index (χ1v) is 10.9. The number of alkyl halides is 7. The lowest BCUT2D eigenvalue weighted by Crippen LogP contribution is -2.33. The largest absolute Gasteiger partial charge is 0.487 e. The second-order valence-electron chi connectivity index (χ2n) is 7.06. The topological polar surface area (TPSA) is 64.6 Å². The summed E-state index contributed by atoms with van der Waals surface area (Å²) in [5.74, 6) is -5.75. The lowest BCUT2D eigenvalue weighted by molar-refractivity contribution is -0.153. The summed E-state index contributed by atoms with van der Waals surface area (Å²) in [5, 5.41) is 1.34. The molecule has 0 radical (unpaired) electrons. The van der Waals surface area contributed by atoms with Gasteiger partial charge in [0.05, 0.1) is 10.6 Å². The van der Waals surface area contributed by atoms with Crippen LogP contribution in [0.15, 0.2) is 65.6 Å². The minimum atomic E-state index is -4.76. The molecule has 5 nitrogen and oxygen atoms in total. The van der Waals surface area contributed by atoms with E-state index in [2.05, 4.69) is 14.2 Å². The Bertz CT molecular complexity index is 1260. The molecule has 3 rings (SSSR count). The van der Waals surface area contributed by atoms with Crippen LogP contribution in [0.5, 0.6) is 11.5 Å². The molecule has 34 heavy (non-hydrogen) atoms. The van der Waals surface area contributed by atoms with Crippen LogP contribution < -0.4 is 14.2 Å². The Balaban J connectivity index is 1.90. The average Bonchev–Trinajstić information content (AvgIpc) is 2.75. The zero-order chi connectivity index (χ0) is 25.1. The van der Waals surface area contributed by atoms with Crippen molar-refractivity contribution in [3.05, 3.63) is 60.7 Å². The van der Waals surface area contributed by atoms with Crippen molar-refractivity contribution in [2.75, 3.05) is 17.9 Å². The highest BCUT2D eigenvalue weighted by atomic mass is 32.2. The highest BCUT2D eigenvalue weighted by Gasteiger charge is 2.41. The van der Waals surface area contributed by atoms with Gasteiger partial charge < -0.3 is 9.47 Å². The zero-order valence-electron chi connectivity index (χ0n) is 17.0. The van der Waals surface area contributed by atoms with E-state index in [4.69, 9.17) is 0 Å².